The van der Waals surface area contributed by atoms with Crippen LogP contribution in [0.4, 0.5) is 0 Å². The summed E-state index contributed by atoms with van der Waals surface area (Å²) in [5.41, 5.74) is 1.36. The molecule has 2 aliphatic rings. The molecule has 0 aliphatic carbocycles. The lowest BCUT2D eigenvalue weighted by atomic mass is 9.75. The number of nitriles is 1. The summed E-state index contributed by atoms with van der Waals surface area (Å²) in [4.78, 5) is 14.4. The first-order chi connectivity index (χ1) is 12.2. The second-order valence-corrected chi connectivity index (χ2v) is 6.04. The van der Waals surface area contributed by atoms with Crippen molar-refractivity contribution in [3.05, 3.63) is 59.7 Å². The monoisotopic (exact) mass is 336 g/mol. The number of amides is 1. The van der Waals surface area contributed by atoms with Crippen molar-refractivity contribution >= 4 is 5.91 Å². The minimum Gasteiger partial charge on any atom is -0.454 e. The Bertz CT molecular complexity index is 846. The predicted octanol–water partition coefficient (Wildman–Crippen LogP) is 1.91. The molecule has 6 nitrogen and oxygen atoms in total. The van der Waals surface area contributed by atoms with Gasteiger partial charge in [0.1, 0.15) is 6.04 Å². The minimum absolute atomic E-state index is 0.132. The summed E-state index contributed by atoms with van der Waals surface area (Å²) >= 11 is 0. The van der Waals surface area contributed by atoms with Gasteiger partial charge in [-0.1, -0.05) is 30.3 Å². The fourth-order valence-corrected chi connectivity index (χ4v) is 3.54. The zero-order valence-electron chi connectivity index (χ0n) is 13.3. The van der Waals surface area contributed by atoms with Gasteiger partial charge in [0.05, 0.1) is 18.7 Å². The molecule has 0 saturated carbocycles. The lowest BCUT2D eigenvalue weighted by molar-refractivity contribution is -0.00586. The number of rotatable bonds is 3. The van der Waals surface area contributed by atoms with E-state index < -0.39 is 12.1 Å². The van der Waals surface area contributed by atoms with Crippen LogP contribution < -0.4 is 9.47 Å². The predicted molar refractivity (Wildman–Crippen MR) is 88.2 cm³/mol. The number of hydrogen-bond donors (Lipinski definition) is 1. The molecule has 0 spiro atoms. The molecule has 1 fully saturated rings. The Kier molecular flexibility index (Phi) is 3.79. The average molecular weight is 336 g/mol. The largest absolute Gasteiger partial charge is 0.454 e. The molecule has 0 unspecified atom stereocenters. The lowest BCUT2D eigenvalue weighted by Gasteiger charge is -2.51. The zero-order chi connectivity index (χ0) is 17.4. The molecule has 126 valence electrons. The number of fused-ring (bicyclic) bond motifs is 1. The Morgan fingerprint density at radius 2 is 1.96 bits per heavy atom. The molecule has 2 aromatic carbocycles. The van der Waals surface area contributed by atoms with Gasteiger partial charge in [0, 0.05) is 11.5 Å². The van der Waals surface area contributed by atoms with Crippen molar-refractivity contribution < 1.29 is 19.4 Å². The van der Waals surface area contributed by atoms with Crippen LogP contribution in [0.25, 0.3) is 0 Å². The first-order valence-corrected chi connectivity index (χ1v) is 8.02. The summed E-state index contributed by atoms with van der Waals surface area (Å²) < 4.78 is 10.6. The number of carbonyl (C=O) groups is 1. The van der Waals surface area contributed by atoms with E-state index in [-0.39, 0.29) is 25.2 Å². The molecular formula is C19H16N2O4. The Balaban J connectivity index is 1.63. The maximum atomic E-state index is 12.9. The van der Waals surface area contributed by atoms with Crippen LogP contribution in [0.2, 0.25) is 0 Å². The highest BCUT2D eigenvalue weighted by Gasteiger charge is 2.51. The van der Waals surface area contributed by atoms with E-state index in [0.717, 1.165) is 5.56 Å². The number of likely N-dealkylation sites (tertiary alicyclic amines) is 1. The van der Waals surface area contributed by atoms with Crippen LogP contribution in [-0.4, -0.2) is 41.4 Å². The number of ether oxygens (including phenoxy) is 2. The molecule has 2 aliphatic heterocycles. The van der Waals surface area contributed by atoms with Crippen molar-refractivity contribution in [1.29, 1.82) is 5.26 Å². The minimum atomic E-state index is -0.613. The van der Waals surface area contributed by atoms with Gasteiger partial charge in [0.25, 0.3) is 5.91 Å². The van der Waals surface area contributed by atoms with Crippen LogP contribution in [0.5, 0.6) is 11.5 Å². The standard InChI is InChI=1S/C19H16N2O4/c20-9-14-18(12-4-2-1-3-5-12)15(10-22)21(14)19(23)13-6-7-16-17(8-13)25-11-24-16/h1-8,14-15,18,22H,10-11H2/t14-,15+,18+/m0/s1. The first-order valence-electron chi connectivity index (χ1n) is 8.02. The van der Waals surface area contributed by atoms with E-state index in [1.54, 1.807) is 18.2 Å². The highest BCUT2D eigenvalue weighted by molar-refractivity contribution is 5.96. The van der Waals surface area contributed by atoms with E-state index in [1.807, 2.05) is 30.3 Å². The number of aliphatic hydroxyl groups is 1. The molecule has 0 radical (unpaired) electrons. The lowest BCUT2D eigenvalue weighted by Crippen LogP contribution is -2.65. The first kappa shape index (κ1) is 15.5. The van der Waals surface area contributed by atoms with Crippen LogP contribution in [-0.2, 0) is 0 Å². The molecular weight excluding hydrogens is 320 g/mol. The summed E-state index contributed by atoms with van der Waals surface area (Å²) in [7, 11) is 0. The van der Waals surface area contributed by atoms with Gasteiger partial charge in [-0.2, -0.15) is 5.26 Å². The third kappa shape index (κ3) is 2.41. The van der Waals surface area contributed by atoms with Crippen molar-refractivity contribution in [2.24, 2.45) is 0 Å². The molecule has 2 aromatic rings. The van der Waals surface area contributed by atoms with Crippen molar-refractivity contribution in [3.63, 3.8) is 0 Å². The third-order valence-electron chi connectivity index (χ3n) is 4.77. The summed E-state index contributed by atoms with van der Waals surface area (Å²) in [6.45, 7) is -0.0686. The Hall–Kier alpha value is -3.04. The van der Waals surface area contributed by atoms with Gasteiger partial charge in [-0.05, 0) is 23.8 Å². The van der Waals surface area contributed by atoms with Gasteiger partial charge >= 0.3 is 0 Å². The Morgan fingerprint density at radius 3 is 2.68 bits per heavy atom. The maximum Gasteiger partial charge on any atom is 0.255 e. The smallest absolute Gasteiger partial charge is 0.255 e. The number of benzene rings is 2. The SMILES string of the molecule is N#C[C@H]1[C@@H](c2ccccc2)[C@@H](CO)N1C(=O)c1ccc2c(c1)OCO2. The molecule has 3 atom stereocenters. The van der Waals surface area contributed by atoms with Crippen LogP contribution in [0.3, 0.4) is 0 Å². The fraction of sp³-hybridized carbons (Fsp3) is 0.263. The fourth-order valence-electron chi connectivity index (χ4n) is 3.54. The molecule has 0 aromatic heterocycles. The van der Waals surface area contributed by atoms with Gasteiger partial charge in [-0.3, -0.25) is 4.79 Å². The van der Waals surface area contributed by atoms with E-state index in [1.165, 1.54) is 4.90 Å². The number of carbonyl (C=O) groups excluding carboxylic acids is 1. The van der Waals surface area contributed by atoms with E-state index >= 15 is 0 Å². The van der Waals surface area contributed by atoms with Crippen LogP contribution in [0.15, 0.2) is 48.5 Å². The number of nitrogens with zero attached hydrogens (tertiary/aromatic N) is 2. The molecule has 4 rings (SSSR count). The van der Waals surface area contributed by atoms with Crippen LogP contribution in [0, 0.1) is 11.3 Å². The summed E-state index contributed by atoms with van der Waals surface area (Å²) in [6.07, 6.45) is 0. The average Bonchev–Trinajstić information content (AvgIpc) is 3.10. The van der Waals surface area contributed by atoms with Crippen LogP contribution in [0.1, 0.15) is 21.8 Å². The summed E-state index contributed by atoms with van der Waals surface area (Å²) in [5.74, 6) is 0.614. The quantitative estimate of drug-likeness (QED) is 0.926. The van der Waals surface area contributed by atoms with Crippen molar-refractivity contribution in [3.8, 4) is 17.6 Å². The Morgan fingerprint density at radius 1 is 1.20 bits per heavy atom. The molecule has 25 heavy (non-hydrogen) atoms. The van der Waals surface area contributed by atoms with Crippen molar-refractivity contribution in [2.45, 2.75) is 18.0 Å². The molecule has 0 bridgehead atoms. The summed E-state index contributed by atoms with van der Waals surface area (Å²) in [5, 5.41) is 19.4. The Labute approximate surface area is 144 Å². The van der Waals surface area contributed by atoms with Gasteiger partial charge in [-0.15, -0.1) is 0 Å². The van der Waals surface area contributed by atoms with E-state index in [0.29, 0.717) is 17.1 Å². The maximum absolute atomic E-state index is 12.9. The molecule has 6 heteroatoms. The molecule has 2 heterocycles. The summed E-state index contributed by atoms with van der Waals surface area (Å²) in [6, 6.07) is 15.6. The zero-order valence-corrected chi connectivity index (χ0v) is 13.3. The second kappa shape index (κ2) is 6.11. The normalized spacial score (nSPS) is 23.7. The van der Waals surface area contributed by atoms with Crippen molar-refractivity contribution in [1.82, 2.24) is 4.90 Å². The van der Waals surface area contributed by atoms with Crippen LogP contribution >= 0.6 is 0 Å². The second-order valence-electron chi connectivity index (χ2n) is 6.04. The van der Waals surface area contributed by atoms with Gasteiger partial charge < -0.3 is 19.5 Å². The van der Waals surface area contributed by atoms with Crippen molar-refractivity contribution in [2.75, 3.05) is 13.4 Å². The molecule has 1 saturated heterocycles. The van der Waals surface area contributed by atoms with E-state index in [4.69, 9.17) is 9.47 Å². The molecule has 1 amide bonds. The highest BCUT2D eigenvalue weighted by atomic mass is 16.7. The third-order valence-corrected chi connectivity index (χ3v) is 4.77. The van der Waals surface area contributed by atoms with Gasteiger partial charge in [0.15, 0.2) is 11.5 Å². The van der Waals surface area contributed by atoms with Gasteiger partial charge in [-0.25, -0.2) is 0 Å². The number of aliphatic hydroxyl groups excluding tert-OH is 1. The highest BCUT2D eigenvalue weighted by Crippen LogP contribution is 2.42. The van der Waals surface area contributed by atoms with E-state index in [9.17, 15) is 15.2 Å². The van der Waals surface area contributed by atoms with E-state index in [2.05, 4.69) is 6.07 Å². The topological polar surface area (TPSA) is 82.8 Å². The van der Waals surface area contributed by atoms with Gasteiger partial charge in [0.2, 0.25) is 6.79 Å². The molecule has 1 N–H and O–H groups in total. The number of hydrogen-bond acceptors (Lipinski definition) is 5.